The molecular weight excluding hydrogens is 221 g/mol. The maximum Gasteiger partial charge on any atom is 0.168 e. The number of hydrogen-bond donors (Lipinski definition) is 1. The highest BCUT2D eigenvalue weighted by Gasteiger charge is 2.39. The van der Waals surface area contributed by atoms with E-state index in [0.717, 1.165) is 25.9 Å². The van der Waals surface area contributed by atoms with Crippen LogP contribution in [0.15, 0.2) is 6.20 Å². The summed E-state index contributed by atoms with van der Waals surface area (Å²) >= 11 is 0. The Kier molecular flexibility index (Phi) is 3.66. The largest absolute Gasteiger partial charge is 0.493 e. The summed E-state index contributed by atoms with van der Waals surface area (Å²) in [5.41, 5.74) is -0.760. The van der Waals surface area contributed by atoms with Gasteiger partial charge in [-0.25, -0.2) is 4.39 Å². The second kappa shape index (κ2) is 5.04. The van der Waals surface area contributed by atoms with E-state index >= 15 is 0 Å². The van der Waals surface area contributed by atoms with Crippen molar-refractivity contribution in [3.05, 3.63) is 11.9 Å². The lowest BCUT2D eigenvalue weighted by Crippen LogP contribution is -2.41. The zero-order valence-electron chi connectivity index (χ0n) is 10.5. The summed E-state index contributed by atoms with van der Waals surface area (Å²) < 4.78 is 21.9. The Bertz CT molecular complexity index is 372. The molecule has 4 nitrogen and oxygen atoms in total. The maximum atomic E-state index is 15.0. The minimum Gasteiger partial charge on any atom is -0.493 e. The van der Waals surface area contributed by atoms with Gasteiger partial charge in [-0.15, -0.1) is 0 Å². The van der Waals surface area contributed by atoms with Gasteiger partial charge in [0.15, 0.2) is 11.4 Å². The van der Waals surface area contributed by atoms with E-state index in [9.17, 15) is 4.39 Å². The van der Waals surface area contributed by atoms with Crippen LogP contribution in [0.25, 0.3) is 0 Å². The highest BCUT2D eigenvalue weighted by molar-refractivity contribution is 5.32. The molecule has 0 saturated carbocycles. The number of nitrogens with zero attached hydrogens (tertiary/aromatic N) is 2. The summed E-state index contributed by atoms with van der Waals surface area (Å²) in [6.45, 7) is 4.01. The minimum absolute atomic E-state index is 0.346. The number of aryl methyl sites for hydroxylation is 1. The molecule has 1 aromatic rings. The number of alkyl halides is 1. The Morgan fingerprint density at radius 2 is 2.47 bits per heavy atom. The number of ether oxygens (including phenoxy) is 1. The Balaban J connectivity index is 2.36. The molecule has 0 aliphatic carbocycles. The van der Waals surface area contributed by atoms with Crippen molar-refractivity contribution < 1.29 is 9.13 Å². The first-order valence-electron chi connectivity index (χ1n) is 6.21. The van der Waals surface area contributed by atoms with Gasteiger partial charge >= 0.3 is 0 Å². The summed E-state index contributed by atoms with van der Waals surface area (Å²) in [5, 5.41) is 7.33. The molecule has 0 spiro atoms. The Morgan fingerprint density at radius 1 is 1.65 bits per heavy atom. The Morgan fingerprint density at radius 3 is 3.06 bits per heavy atom. The molecule has 1 aliphatic rings. The molecule has 0 amide bonds. The van der Waals surface area contributed by atoms with Gasteiger partial charge in [-0.2, -0.15) is 5.10 Å². The number of methoxy groups -OCH3 is 1. The molecule has 2 heterocycles. The zero-order chi connectivity index (χ0) is 12.3. The van der Waals surface area contributed by atoms with Gasteiger partial charge in [-0.1, -0.05) is 6.92 Å². The third-order valence-corrected chi connectivity index (χ3v) is 3.22. The summed E-state index contributed by atoms with van der Waals surface area (Å²) in [4.78, 5) is 0. The van der Waals surface area contributed by atoms with E-state index < -0.39 is 5.67 Å². The van der Waals surface area contributed by atoms with Gasteiger partial charge in [0.05, 0.1) is 13.3 Å². The van der Waals surface area contributed by atoms with Crippen molar-refractivity contribution in [3.8, 4) is 5.75 Å². The van der Waals surface area contributed by atoms with Crippen molar-refractivity contribution in [3.63, 3.8) is 0 Å². The number of halogens is 1. The SMILES string of the molecule is CCCn1ncc(OC)c1C1(F)CCCNC1. The van der Waals surface area contributed by atoms with Crippen molar-refractivity contribution >= 4 is 0 Å². The molecule has 0 radical (unpaired) electrons. The molecule has 1 aromatic heterocycles. The normalized spacial score (nSPS) is 24.9. The first-order valence-corrected chi connectivity index (χ1v) is 6.21. The third kappa shape index (κ3) is 2.29. The lowest BCUT2D eigenvalue weighted by atomic mass is 9.92. The average molecular weight is 241 g/mol. The maximum absolute atomic E-state index is 15.0. The van der Waals surface area contributed by atoms with E-state index in [1.807, 2.05) is 0 Å². The molecule has 0 bridgehead atoms. The van der Waals surface area contributed by atoms with Crippen LogP contribution in [0.4, 0.5) is 4.39 Å². The van der Waals surface area contributed by atoms with Crippen LogP contribution in [0.3, 0.4) is 0 Å². The minimum atomic E-state index is -1.35. The first-order chi connectivity index (χ1) is 8.21. The van der Waals surface area contributed by atoms with Gasteiger partial charge in [0.1, 0.15) is 5.69 Å². The van der Waals surface area contributed by atoms with Gasteiger partial charge < -0.3 is 10.1 Å². The van der Waals surface area contributed by atoms with Gasteiger partial charge in [-0.05, 0) is 25.8 Å². The molecule has 5 heteroatoms. The Labute approximate surface area is 101 Å². The lowest BCUT2D eigenvalue weighted by molar-refractivity contribution is 0.106. The molecule has 96 valence electrons. The highest BCUT2D eigenvalue weighted by Crippen LogP contribution is 2.38. The fourth-order valence-electron chi connectivity index (χ4n) is 2.42. The van der Waals surface area contributed by atoms with Crippen molar-refractivity contribution in [2.75, 3.05) is 20.2 Å². The average Bonchev–Trinajstić information content (AvgIpc) is 2.74. The van der Waals surface area contributed by atoms with Crippen LogP contribution < -0.4 is 10.1 Å². The topological polar surface area (TPSA) is 39.1 Å². The van der Waals surface area contributed by atoms with Crippen LogP contribution >= 0.6 is 0 Å². The predicted octanol–water partition coefficient (Wildman–Crippen LogP) is 1.85. The molecule has 1 aliphatic heterocycles. The van der Waals surface area contributed by atoms with E-state index in [1.165, 1.54) is 0 Å². The van der Waals surface area contributed by atoms with E-state index in [0.29, 0.717) is 24.4 Å². The lowest BCUT2D eigenvalue weighted by Gasteiger charge is -2.31. The number of nitrogens with one attached hydrogen (secondary N) is 1. The quantitative estimate of drug-likeness (QED) is 0.874. The van der Waals surface area contributed by atoms with E-state index in [1.54, 1.807) is 18.0 Å². The van der Waals surface area contributed by atoms with Crippen LogP contribution in [-0.2, 0) is 12.2 Å². The fraction of sp³-hybridized carbons (Fsp3) is 0.750. The molecule has 1 atom stereocenters. The van der Waals surface area contributed by atoms with Crippen molar-refractivity contribution in [2.45, 2.75) is 38.4 Å². The highest BCUT2D eigenvalue weighted by atomic mass is 19.1. The predicted molar refractivity (Wildman–Crippen MR) is 64.0 cm³/mol. The Hall–Kier alpha value is -1.10. The van der Waals surface area contributed by atoms with E-state index in [2.05, 4.69) is 17.3 Å². The van der Waals surface area contributed by atoms with Gasteiger partial charge in [0.25, 0.3) is 0 Å². The molecule has 1 fully saturated rings. The summed E-state index contributed by atoms with van der Waals surface area (Å²) in [6, 6.07) is 0. The van der Waals surface area contributed by atoms with Gasteiger partial charge in [0.2, 0.25) is 0 Å². The van der Waals surface area contributed by atoms with Crippen LogP contribution in [0.5, 0.6) is 5.75 Å². The summed E-state index contributed by atoms with van der Waals surface area (Å²) in [7, 11) is 1.57. The molecule has 17 heavy (non-hydrogen) atoms. The number of rotatable bonds is 4. The van der Waals surface area contributed by atoms with Crippen LogP contribution in [0, 0.1) is 0 Å². The molecule has 0 aromatic carbocycles. The number of aromatic nitrogens is 2. The van der Waals surface area contributed by atoms with Crippen molar-refractivity contribution in [1.29, 1.82) is 0 Å². The smallest absolute Gasteiger partial charge is 0.168 e. The summed E-state index contributed by atoms with van der Waals surface area (Å²) in [6.07, 6.45) is 3.92. The van der Waals surface area contributed by atoms with Crippen LogP contribution in [0.2, 0.25) is 0 Å². The van der Waals surface area contributed by atoms with E-state index in [4.69, 9.17) is 4.74 Å². The number of piperidine rings is 1. The van der Waals surface area contributed by atoms with Gasteiger partial charge in [-0.3, -0.25) is 4.68 Å². The van der Waals surface area contributed by atoms with Crippen LogP contribution in [-0.4, -0.2) is 30.0 Å². The van der Waals surface area contributed by atoms with E-state index in [-0.39, 0.29) is 0 Å². The molecule has 2 rings (SSSR count). The summed E-state index contributed by atoms with van der Waals surface area (Å²) in [5.74, 6) is 0.560. The first kappa shape index (κ1) is 12.4. The zero-order valence-corrected chi connectivity index (χ0v) is 10.5. The third-order valence-electron chi connectivity index (χ3n) is 3.22. The van der Waals surface area contributed by atoms with Crippen molar-refractivity contribution in [1.82, 2.24) is 15.1 Å². The van der Waals surface area contributed by atoms with Crippen LogP contribution in [0.1, 0.15) is 31.9 Å². The fourth-order valence-corrected chi connectivity index (χ4v) is 2.42. The standard InChI is InChI=1S/C12H20FN3O/c1-3-7-16-11(10(17-2)8-15-16)12(13)5-4-6-14-9-12/h8,14H,3-7,9H2,1-2H3. The molecule has 1 saturated heterocycles. The monoisotopic (exact) mass is 241 g/mol. The second-order valence-electron chi connectivity index (χ2n) is 4.53. The molecular formula is C12H20FN3O. The number of hydrogen-bond acceptors (Lipinski definition) is 3. The van der Waals surface area contributed by atoms with Crippen molar-refractivity contribution in [2.24, 2.45) is 0 Å². The molecule has 1 unspecified atom stereocenters. The molecule has 1 N–H and O–H groups in total. The van der Waals surface area contributed by atoms with Gasteiger partial charge in [0, 0.05) is 13.1 Å². The second-order valence-corrected chi connectivity index (χ2v) is 4.53.